The van der Waals surface area contributed by atoms with Crippen LogP contribution in [0.4, 0.5) is 5.69 Å². The van der Waals surface area contributed by atoms with Crippen molar-refractivity contribution in [2.75, 3.05) is 19.4 Å². The fraction of sp³-hybridized carbons (Fsp3) is 0.333. The lowest BCUT2D eigenvalue weighted by Crippen LogP contribution is -2.52. The molecule has 0 unspecified atom stereocenters. The molecule has 0 saturated heterocycles. The second-order valence-electron chi connectivity index (χ2n) is 7.86. The molecule has 1 aliphatic rings. The standard InChI is InChI=1S/C24H26N4O3/c1-4-5-22(29)26-20-11-10-18-13-21(24(31)27(2)3)28(15-19(18)12-20)23(30)17-8-6-16(14-25)7-9-17/h6-12,21H,4-5,13,15H2,1-3H3,(H,26,29)/t21-/m0/s1. The Kier molecular flexibility index (Phi) is 6.71. The van der Waals surface area contributed by atoms with Gasteiger partial charge in [0.05, 0.1) is 11.6 Å². The summed E-state index contributed by atoms with van der Waals surface area (Å²) in [6, 6.07) is 13.4. The van der Waals surface area contributed by atoms with Crippen LogP contribution in [0.1, 0.15) is 46.8 Å². The van der Waals surface area contributed by atoms with Gasteiger partial charge in [-0.15, -0.1) is 0 Å². The second-order valence-corrected chi connectivity index (χ2v) is 7.86. The monoisotopic (exact) mass is 418 g/mol. The van der Waals surface area contributed by atoms with Gasteiger partial charge in [-0.25, -0.2) is 0 Å². The quantitative estimate of drug-likeness (QED) is 0.808. The highest BCUT2D eigenvalue weighted by Gasteiger charge is 2.36. The van der Waals surface area contributed by atoms with Crippen molar-refractivity contribution in [1.29, 1.82) is 5.26 Å². The Morgan fingerprint density at radius 1 is 1.13 bits per heavy atom. The first-order valence-corrected chi connectivity index (χ1v) is 10.3. The van der Waals surface area contributed by atoms with E-state index in [-0.39, 0.29) is 24.3 Å². The molecular weight excluding hydrogens is 392 g/mol. The number of nitrogens with one attached hydrogen (secondary N) is 1. The minimum Gasteiger partial charge on any atom is -0.347 e. The highest BCUT2D eigenvalue weighted by Crippen LogP contribution is 2.28. The van der Waals surface area contributed by atoms with E-state index in [2.05, 4.69) is 5.32 Å². The predicted octanol–water partition coefficient (Wildman–Crippen LogP) is 2.95. The van der Waals surface area contributed by atoms with Crippen LogP contribution in [0, 0.1) is 11.3 Å². The van der Waals surface area contributed by atoms with Crippen LogP contribution in [0.15, 0.2) is 42.5 Å². The maximum absolute atomic E-state index is 13.3. The van der Waals surface area contributed by atoms with E-state index in [4.69, 9.17) is 5.26 Å². The van der Waals surface area contributed by atoms with Gasteiger partial charge < -0.3 is 15.1 Å². The van der Waals surface area contributed by atoms with Gasteiger partial charge in [-0.3, -0.25) is 14.4 Å². The molecule has 3 amide bonds. The van der Waals surface area contributed by atoms with Crippen molar-refractivity contribution in [2.24, 2.45) is 0 Å². The van der Waals surface area contributed by atoms with Crippen LogP contribution >= 0.6 is 0 Å². The molecule has 31 heavy (non-hydrogen) atoms. The maximum atomic E-state index is 13.3. The summed E-state index contributed by atoms with van der Waals surface area (Å²) in [5, 5.41) is 11.9. The summed E-state index contributed by atoms with van der Waals surface area (Å²) in [5.74, 6) is -0.465. The Bertz CT molecular complexity index is 1040. The number of likely N-dealkylation sites (N-methyl/N-ethyl adjacent to an activating group) is 1. The van der Waals surface area contributed by atoms with Gasteiger partial charge in [-0.2, -0.15) is 5.26 Å². The van der Waals surface area contributed by atoms with E-state index < -0.39 is 6.04 Å². The summed E-state index contributed by atoms with van der Waals surface area (Å²) in [5.41, 5.74) is 3.46. The molecule has 0 radical (unpaired) electrons. The van der Waals surface area contributed by atoms with Crippen molar-refractivity contribution in [3.05, 3.63) is 64.7 Å². The van der Waals surface area contributed by atoms with Gasteiger partial charge in [-0.05, 0) is 53.9 Å². The lowest BCUT2D eigenvalue weighted by molar-refractivity contribution is -0.134. The molecule has 0 aliphatic carbocycles. The van der Waals surface area contributed by atoms with Crippen LogP contribution in [-0.2, 0) is 22.6 Å². The van der Waals surface area contributed by atoms with Gasteiger partial charge in [0, 0.05) is 44.7 Å². The minimum atomic E-state index is -0.619. The number of hydrogen-bond donors (Lipinski definition) is 1. The van der Waals surface area contributed by atoms with Crippen LogP contribution in [0.5, 0.6) is 0 Å². The largest absolute Gasteiger partial charge is 0.347 e. The molecule has 1 heterocycles. The van der Waals surface area contributed by atoms with Crippen molar-refractivity contribution < 1.29 is 14.4 Å². The molecule has 7 nitrogen and oxygen atoms in total. The van der Waals surface area contributed by atoms with Gasteiger partial charge in [0.1, 0.15) is 6.04 Å². The fourth-order valence-electron chi connectivity index (χ4n) is 3.70. The van der Waals surface area contributed by atoms with E-state index in [1.165, 1.54) is 4.90 Å². The topological polar surface area (TPSA) is 93.5 Å². The molecule has 3 rings (SSSR count). The first-order valence-electron chi connectivity index (χ1n) is 10.3. The summed E-state index contributed by atoms with van der Waals surface area (Å²) in [6.45, 7) is 2.21. The highest BCUT2D eigenvalue weighted by molar-refractivity contribution is 5.98. The SMILES string of the molecule is CCCC(=O)Nc1ccc2c(c1)CN(C(=O)c1ccc(C#N)cc1)[C@H](C(=O)N(C)C)C2. The third kappa shape index (κ3) is 4.92. The Hall–Kier alpha value is -3.66. The molecule has 0 aromatic heterocycles. The number of carbonyl (C=O) groups excluding carboxylic acids is 3. The number of rotatable bonds is 5. The molecule has 2 aromatic carbocycles. The number of nitrogens with zero attached hydrogens (tertiary/aromatic N) is 3. The predicted molar refractivity (Wildman–Crippen MR) is 117 cm³/mol. The number of hydrogen-bond acceptors (Lipinski definition) is 4. The fourth-order valence-corrected chi connectivity index (χ4v) is 3.70. The number of carbonyl (C=O) groups is 3. The summed E-state index contributed by atoms with van der Waals surface area (Å²) in [7, 11) is 3.35. The van der Waals surface area contributed by atoms with Crippen molar-refractivity contribution >= 4 is 23.4 Å². The van der Waals surface area contributed by atoms with Gasteiger partial charge in [-0.1, -0.05) is 13.0 Å². The molecule has 0 bridgehead atoms. The second kappa shape index (κ2) is 9.43. The Labute approximate surface area is 182 Å². The zero-order chi connectivity index (χ0) is 22.5. The maximum Gasteiger partial charge on any atom is 0.254 e. The Morgan fingerprint density at radius 3 is 2.45 bits per heavy atom. The lowest BCUT2D eigenvalue weighted by atomic mass is 9.92. The van der Waals surface area contributed by atoms with Gasteiger partial charge in [0.25, 0.3) is 5.91 Å². The van der Waals surface area contributed by atoms with Gasteiger partial charge in [0.2, 0.25) is 11.8 Å². The van der Waals surface area contributed by atoms with Crippen molar-refractivity contribution in [2.45, 2.75) is 38.8 Å². The third-order valence-corrected chi connectivity index (χ3v) is 5.34. The summed E-state index contributed by atoms with van der Waals surface area (Å²) in [6.07, 6.45) is 1.61. The first-order chi connectivity index (χ1) is 14.8. The smallest absolute Gasteiger partial charge is 0.254 e. The van der Waals surface area contributed by atoms with Crippen molar-refractivity contribution in [1.82, 2.24) is 9.80 Å². The molecule has 0 fully saturated rings. The molecule has 7 heteroatoms. The van der Waals surface area contributed by atoms with E-state index in [9.17, 15) is 14.4 Å². The normalized spacial score (nSPS) is 14.9. The Balaban J connectivity index is 1.93. The number of benzene rings is 2. The molecular formula is C24H26N4O3. The average Bonchev–Trinajstić information content (AvgIpc) is 2.77. The van der Waals surface area contributed by atoms with E-state index in [0.717, 1.165) is 17.5 Å². The molecule has 2 aromatic rings. The zero-order valence-electron chi connectivity index (χ0n) is 18.0. The van der Waals surface area contributed by atoms with Crippen molar-refractivity contribution in [3.8, 4) is 6.07 Å². The van der Waals surface area contributed by atoms with E-state index in [1.807, 2.05) is 31.2 Å². The number of nitriles is 1. The molecule has 0 spiro atoms. The van der Waals surface area contributed by atoms with E-state index in [0.29, 0.717) is 29.7 Å². The van der Waals surface area contributed by atoms with Crippen LogP contribution < -0.4 is 5.32 Å². The molecule has 1 N–H and O–H groups in total. The molecule has 160 valence electrons. The summed E-state index contributed by atoms with van der Waals surface area (Å²) < 4.78 is 0. The average molecular weight is 418 g/mol. The number of amides is 3. The molecule has 1 atom stereocenters. The van der Waals surface area contributed by atoms with Crippen molar-refractivity contribution in [3.63, 3.8) is 0 Å². The summed E-state index contributed by atoms with van der Waals surface area (Å²) in [4.78, 5) is 41.2. The van der Waals surface area contributed by atoms with E-state index in [1.54, 1.807) is 43.3 Å². The van der Waals surface area contributed by atoms with Gasteiger partial charge >= 0.3 is 0 Å². The molecule has 0 saturated carbocycles. The first kappa shape index (κ1) is 22.0. The van der Waals surface area contributed by atoms with Crippen LogP contribution in [0.2, 0.25) is 0 Å². The summed E-state index contributed by atoms with van der Waals surface area (Å²) >= 11 is 0. The van der Waals surface area contributed by atoms with Crippen LogP contribution in [0.3, 0.4) is 0 Å². The highest BCUT2D eigenvalue weighted by atomic mass is 16.2. The van der Waals surface area contributed by atoms with Crippen LogP contribution in [0.25, 0.3) is 0 Å². The Morgan fingerprint density at radius 2 is 1.84 bits per heavy atom. The van der Waals surface area contributed by atoms with Crippen LogP contribution in [-0.4, -0.2) is 47.7 Å². The third-order valence-electron chi connectivity index (χ3n) is 5.34. The van der Waals surface area contributed by atoms with E-state index >= 15 is 0 Å². The van der Waals surface area contributed by atoms with Gasteiger partial charge in [0.15, 0.2) is 0 Å². The zero-order valence-corrected chi connectivity index (χ0v) is 18.0. The lowest BCUT2D eigenvalue weighted by Gasteiger charge is -2.37. The number of anilines is 1. The number of fused-ring (bicyclic) bond motifs is 1. The minimum absolute atomic E-state index is 0.0514. The molecule has 1 aliphatic heterocycles.